The van der Waals surface area contributed by atoms with Crippen LogP contribution in [0.15, 0.2) is 82.7 Å². The number of carbonyl (C=O) groups excluding carboxylic acids is 2. The minimum Gasteiger partial charge on any atom is -0.465 e. The minimum absolute atomic E-state index is 0.115. The van der Waals surface area contributed by atoms with E-state index in [1.165, 1.54) is 18.9 Å². The van der Waals surface area contributed by atoms with Gasteiger partial charge in [-0.3, -0.25) is 9.69 Å². The molecule has 172 valence electrons. The minimum atomic E-state index is -0.392. The molecule has 3 aromatic rings. The van der Waals surface area contributed by atoms with Gasteiger partial charge in [0.2, 0.25) is 0 Å². The van der Waals surface area contributed by atoms with Crippen LogP contribution in [0.2, 0.25) is 0 Å². The van der Waals surface area contributed by atoms with Gasteiger partial charge in [-0.2, -0.15) is 0 Å². The molecule has 0 radical (unpaired) electrons. The summed E-state index contributed by atoms with van der Waals surface area (Å²) >= 11 is 1.36. The molecule has 3 aromatic carbocycles. The highest BCUT2D eigenvalue weighted by molar-refractivity contribution is 8.19. The van der Waals surface area contributed by atoms with Crippen LogP contribution < -0.4 is 4.90 Å². The van der Waals surface area contributed by atoms with Crippen molar-refractivity contribution < 1.29 is 14.3 Å². The summed E-state index contributed by atoms with van der Waals surface area (Å²) in [6.45, 7) is 4.18. The Morgan fingerprint density at radius 2 is 1.59 bits per heavy atom. The number of carbonyl (C=O) groups is 2. The van der Waals surface area contributed by atoms with Crippen molar-refractivity contribution in [3.05, 3.63) is 100.0 Å². The fraction of sp³-hybridized carbons (Fsp3) is 0.179. The van der Waals surface area contributed by atoms with E-state index in [-0.39, 0.29) is 5.91 Å². The monoisotopic (exact) mass is 470 g/mol. The summed E-state index contributed by atoms with van der Waals surface area (Å²) in [7, 11) is 1.35. The van der Waals surface area contributed by atoms with Gasteiger partial charge in [0.05, 0.1) is 29.0 Å². The molecule has 0 unspecified atom stereocenters. The number of nitrogens with zero attached hydrogens (tertiary/aromatic N) is 2. The molecule has 1 amide bonds. The van der Waals surface area contributed by atoms with Crippen LogP contribution in [0.4, 0.5) is 11.4 Å². The first kappa shape index (κ1) is 23.5. The van der Waals surface area contributed by atoms with Gasteiger partial charge in [-0.15, -0.1) is 0 Å². The summed E-state index contributed by atoms with van der Waals surface area (Å²) < 4.78 is 4.77. The zero-order valence-corrected chi connectivity index (χ0v) is 20.3. The SMILES string of the molecule is CCc1ccccc1N=C1SC(=Cc2ccc(C(=O)OC)cc2)C(=O)N1c1ccccc1CC. The smallest absolute Gasteiger partial charge is 0.337 e. The van der Waals surface area contributed by atoms with Crippen molar-refractivity contribution >= 4 is 46.3 Å². The normalized spacial score (nSPS) is 15.9. The van der Waals surface area contributed by atoms with E-state index in [0.717, 1.165) is 40.9 Å². The lowest BCUT2D eigenvalue weighted by Crippen LogP contribution is -2.29. The van der Waals surface area contributed by atoms with Crippen molar-refractivity contribution in [2.24, 2.45) is 4.99 Å². The third-order valence-electron chi connectivity index (χ3n) is 5.64. The van der Waals surface area contributed by atoms with Crippen molar-refractivity contribution in [2.75, 3.05) is 12.0 Å². The number of methoxy groups -OCH3 is 1. The van der Waals surface area contributed by atoms with Crippen LogP contribution in [0.25, 0.3) is 6.08 Å². The first-order chi connectivity index (χ1) is 16.5. The lowest BCUT2D eigenvalue weighted by Gasteiger charge is -2.19. The molecule has 0 atom stereocenters. The Balaban J connectivity index is 1.78. The Labute approximate surface area is 204 Å². The lowest BCUT2D eigenvalue weighted by molar-refractivity contribution is -0.113. The van der Waals surface area contributed by atoms with Crippen molar-refractivity contribution in [2.45, 2.75) is 26.7 Å². The molecule has 1 saturated heterocycles. The Kier molecular flexibility index (Phi) is 7.28. The highest BCUT2D eigenvalue weighted by Gasteiger charge is 2.35. The van der Waals surface area contributed by atoms with Gasteiger partial charge in [0.25, 0.3) is 5.91 Å². The van der Waals surface area contributed by atoms with Crippen LogP contribution in [-0.2, 0) is 22.4 Å². The summed E-state index contributed by atoms with van der Waals surface area (Å²) in [4.78, 5) is 32.6. The predicted octanol–water partition coefficient (Wildman–Crippen LogP) is 6.41. The zero-order valence-electron chi connectivity index (χ0n) is 19.4. The van der Waals surface area contributed by atoms with Crippen LogP contribution in [-0.4, -0.2) is 24.2 Å². The summed E-state index contributed by atoms with van der Waals surface area (Å²) in [6.07, 6.45) is 3.49. The van der Waals surface area contributed by atoms with E-state index in [9.17, 15) is 9.59 Å². The van der Waals surface area contributed by atoms with Gasteiger partial charge in [0.15, 0.2) is 5.17 Å². The van der Waals surface area contributed by atoms with Gasteiger partial charge in [0.1, 0.15) is 0 Å². The number of thioether (sulfide) groups is 1. The molecule has 0 bridgehead atoms. The Hall–Kier alpha value is -3.64. The van der Waals surface area contributed by atoms with E-state index in [2.05, 4.69) is 19.9 Å². The number of aliphatic imine (C=N–C) groups is 1. The maximum Gasteiger partial charge on any atom is 0.337 e. The molecule has 0 saturated carbocycles. The zero-order chi connectivity index (χ0) is 24.1. The fourth-order valence-electron chi connectivity index (χ4n) is 3.80. The van der Waals surface area contributed by atoms with Crippen LogP contribution in [0.3, 0.4) is 0 Å². The quantitative estimate of drug-likeness (QED) is 0.309. The predicted molar refractivity (Wildman–Crippen MR) is 140 cm³/mol. The van der Waals surface area contributed by atoms with E-state index < -0.39 is 5.97 Å². The highest BCUT2D eigenvalue weighted by atomic mass is 32.2. The van der Waals surface area contributed by atoms with Crippen LogP contribution >= 0.6 is 11.8 Å². The molecule has 0 aliphatic carbocycles. The van der Waals surface area contributed by atoms with Crippen LogP contribution in [0, 0.1) is 0 Å². The molecule has 1 aliphatic rings. The molecule has 4 rings (SSSR count). The maximum atomic E-state index is 13.6. The Bertz CT molecular complexity index is 1280. The first-order valence-corrected chi connectivity index (χ1v) is 12.0. The average molecular weight is 471 g/mol. The van der Waals surface area contributed by atoms with Gasteiger partial charge >= 0.3 is 5.97 Å². The van der Waals surface area contributed by atoms with Crippen molar-refractivity contribution in [1.82, 2.24) is 0 Å². The molecular weight excluding hydrogens is 444 g/mol. The summed E-state index contributed by atoms with van der Waals surface area (Å²) in [5.41, 5.74) is 5.20. The number of amidine groups is 1. The molecule has 6 heteroatoms. The first-order valence-electron chi connectivity index (χ1n) is 11.2. The van der Waals surface area contributed by atoms with Gasteiger partial charge < -0.3 is 4.74 Å². The van der Waals surface area contributed by atoms with Crippen molar-refractivity contribution in [1.29, 1.82) is 0 Å². The number of rotatable bonds is 6. The van der Waals surface area contributed by atoms with E-state index >= 15 is 0 Å². The molecule has 5 nitrogen and oxygen atoms in total. The molecule has 1 aliphatic heterocycles. The van der Waals surface area contributed by atoms with E-state index in [1.807, 2.05) is 48.5 Å². The van der Waals surface area contributed by atoms with Crippen LogP contribution in [0.5, 0.6) is 0 Å². The van der Waals surface area contributed by atoms with E-state index in [1.54, 1.807) is 29.2 Å². The number of benzene rings is 3. The van der Waals surface area contributed by atoms with E-state index in [0.29, 0.717) is 15.6 Å². The van der Waals surface area contributed by atoms with E-state index in [4.69, 9.17) is 9.73 Å². The molecule has 1 heterocycles. The molecule has 34 heavy (non-hydrogen) atoms. The fourth-order valence-corrected chi connectivity index (χ4v) is 4.78. The number of aryl methyl sites for hydroxylation is 2. The molecule has 0 aromatic heterocycles. The molecule has 1 fully saturated rings. The summed E-state index contributed by atoms with van der Waals surface area (Å²) in [6, 6.07) is 22.9. The topological polar surface area (TPSA) is 59.0 Å². The third-order valence-corrected chi connectivity index (χ3v) is 6.61. The highest BCUT2D eigenvalue weighted by Crippen LogP contribution is 2.39. The molecular formula is C28H26N2O3S. The number of ether oxygens (including phenoxy) is 1. The van der Waals surface area contributed by atoms with Gasteiger partial charge in [-0.05, 0) is 71.6 Å². The lowest BCUT2D eigenvalue weighted by atomic mass is 10.1. The number of para-hydroxylation sites is 2. The average Bonchev–Trinajstić information content (AvgIpc) is 3.18. The summed E-state index contributed by atoms with van der Waals surface area (Å²) in [5.74, 6) is -0.507. The Morgan fingerprint density at radius 1 is 0.941 bits per heavy atom. The number of hydrogen-bond donors (Lipinski definition) is 0. The summed E-state index contributed by atoms with van der Waals surface area (Å²) in [5, 5.41) is 0.629. The second-order valence-electron chi connectivity index (χ2n) is 7.72. The van der Waals surface area contributed by atoms with Gasteiger partial charge in [0, 0.05) is 0 Å². The number of esters is 1. The largest absolute Gasteiger partial charge is 0.465 e. The molecule has 0 N–H and O–H groups in total. The number of hydrogen-bond acceptors (Lipinski definition) is 5. The van der Waals surface area contributed by atoms with Crippen molar-refractivity contribution in [3.63, 3.8) is 0 Å². The van der Waals surface area contributed by atoms with Gasteiger partial charge in [-0.25, -0.2) is 9.79 Å². The van der Waals surface area contributed by atoms with Gasteiger partial charge in [-0.1, -0.05) is 62.4 Å². The third kappa shape index (κ3) is 4.82. The standard InChI is InChI=1S/C28H26N2O3S/c1-4-20-10-6-8-12-23(20)29-28-30(24-13-9-7-11-21(24)5-2)26(31)25(34-28)18-19-14-16-22(17-15-19)27(32)33-3/h6-18H,4-5H2,1-3H3. The second kappa shape index (κ2) is 10.5. The number of amides is 1. The molecule has 0 spiro atoms. The van der Waals surface area contributed by atoms with Crippen LogP contribution in [0.1, 0.15) is 40.9 Å². The van der Waals surface area contributed by atoms with Crippen molar-refractivity contribution in [3.8, 4) is 0 Å². The Morgan fingerprint density at radius 3 is 2.26 bits per heavy atom. The maximum absolute atomic E-state index is 13.6. The number of anilines is 1. The second-order valence-corrected chi connectivity index (χ2v) is 8.73.